The molecule has 20 heavy (non-hydrogen) atoms. The number of hydrogen-bond acceptors (Lipinski definition) is 2. The highest BCUT2D eigenvalue weighted by Gasteiger charge is 2.33. The number of anilines is 3. The maximum absolute atomic E-state index is 12.8. The highest BCUT2D eigenvalue weighted by molar-refractivity contribution is 9.10. The van der Waals surface area contributed by atoms with Gasteiger partial charge in [0.2, 0.25) is 0 Å². The fourth-order valence-corrected chi connectivity index (χ4v) is 2.17. The highest BCUT2D eigenvalue weighted by atomic mass is 79.9. The van der Waals surface area contributed by atoms with E-state index >= 15 is 0 Å². The first-order chi connectivity index (χ1) is 9.29. The zero-order valence-corrected chi connectivity index (χ0v) is 12.3. The van der Waals surface area contributed by atoms with Gasteiger partial charge in [0.15, 0.2) is 0 Å². The van der Waals surface area contributed by atoms with Crippen molar-refractivity contribution in [2.75, 3.05) is 11.1 Å². The minimum absolute atomic E-state index is 0.273. The van der Waals surface area contributed by atoms with E-state index in [0.29, 0.717) is 15.2 Å². The van der Waals surface area contributed by atoms with Gasteiger partial charge >= 0.3 is 6.18 Å². The third-order valence-electron chi connectivity index (χ3n) is 2.59. The van der Waals surface area contributed by atoms with Crippen LogP contribution in [0, 0.1) is 0 Å². The van der Waals surface area contributed by atoms with Crippen LogP contribution in [-0.2, 0) is 6.18 Å². The van der Waals surface area contributed by atoms with Crippen LogP contribution in [0.4, 0.5) is 30.2 Å². The van der Waals surface area contributed by atoms with E-state index in [2.05, 4.69) is 21.2 Å². The Bertz CT molecular complexity index is 644. The molecule has 0 atom stereocenters. The summed E-state index contributed by atoms with van der Waals surface area (Å²) in [5.74, 6) is 0. The summed E-state index contributed by atoms with van der Waals surface area (Å²) in [6.07, 6.45) is -4.49. The predicted molar refractivity (Wildman–Crippen MR) is 78.3 cm³/mol. The maximum Gasteiger partial charge on any atom is 0.418 e. The molecule has 0 radical (unpaired) electrons. The van der Waals surface area contributed by atoms with Crippen molar-refractivity contribution in [3.63, 3.8) is 0 Å². The van der Waals surface area contributed by atoms with Gasteiger partial charge < -0.3 is 11.1 Å². The van der Waals surface area contributed by atoms with Crippen LogP contribution in [0.1, 0.15) is 5.56 Å². The maximum atomic E-state index is 12.8. The summed E-state index contributed by atoms with van der Waals surface area (Å²) >= 11 is 9.19. The third kappa shape index (κ3) is 3.19. The number of rotatable bonds is 2. The first-order valence-electron chi connectivity index (χ1n) is 5.47. The number of nitrogens with two attached hydrogens (primary N) is 1. The molecule has 0 amide bonds. The predicted octanol–water partition coefficient (Wildman–Crippen LogP) is 5.45. The molecule has 0 unspecified atom stereocenters. The molecule has 0 heterocycles. The van der Waals surface area contributed by atoms with Crippen LogP contribution < -0.4 is 11.1 Å². The van der Waals surface area contributed by atoms with Crippen molar-refractivity contribution in [3.05, 3.63) is 51.5 Å². The summed E-state index contributed by atoms with van der Waals surface area (Å²) in [5, 5.41) is 3.33. The molecule has 0 saturated heterocycles. The SMILES string of the molecule is Nc1ccc(Nc2cccc(Cl)c2Br)cc1C(F)(F)F. The van der Waals surface area contributed by atoms with Crippen LogP contribution >= 0.6 is 27.5 Å². The van der Waals surface area contributed by atoms with Crippen molar-refractivity contribution in [2.24, 2.45) is 0 Å². The summed E-state index contributed by atoms with van der Waals surface area (Å²) in [5.41, 5.74) is 5.00. The van der Waals surface area contributed by atoms with Crippen molar-refractivity contribution in [1.29, 1.82) is 0 Å². The van der Waals surface area contributed by atoms with Crippen molar-refractivity contribution in [3.8, 4) is 0 Å². The Kier molecular flexibility index (Phi) is 4.15. The van der Waals surface area contributed by atoms with E-state index in [1.807, 2.05) is 0 Å². The lowest BCUT2D eigenvalue weighted by Gasteiger charge is -2.14. The molecule has 0 fully saturated rings. The molecular formula is C13H9BrClF3N2. The first-order valence-corrected chi connectivity index (χ1v) is 6.64. The van der Waals surface area contributed by atoms with Crippen LogP contribution in [0.15, 0.2) is 40.9 Å². The van der Waals surface area contributed by atoms with Gasteiger partial charge in [-0.3, -0.25) is 0 Å². The first kappa shape index (κ1) is 15.0. The minimum Gasteiger partial charge on any atom is -0.398 e. The normalized spacial score (nSPS) is 11.4. The molecular weight excluding hydrogens is 357 g/mol. The summed E-state index contributed by atoms with van der Waals surface area (Å²) in [7, 11) is 0. The summed E-state index contributed by atoms with van der Waals surface area (Å²) < 4.78 is 38.9. The molecule has 106 valence electrons. The van der Waals surface area contributed by atoms with Crippen molar-refractivity contribution < 1.29 is 13.2 Å². The van der Waals surface area contributed by atoms with Gasteiger partial charge in [-0.2, -0.15) is 13.2 Å². The van der Waals surface area contributed by atoms with Crippen LogP contribution in [0.3, 0.4) is 0 Å². The van der Waals surface area contributed by atoms with Gasteiger partial charge in [0.1, 0.15) is 0 Å². The zero-order valence-electron chi connectivity index (χ0n) is 9.93. The molecule has 2 aromatic rings. The largest absolute Gasteiger partial charge is 0.418 e. The van der Waals surface area contributed by atoms with E-state index in [4.69, 9.17) is 17.3 Å². The Balaban J connectivity index is 2.38. The number of nitrogen functional groups attached to an aromatic ring is 1. The van der Waals surface area contributed by atoms with Crippen LogP contribution in [0.5, 0.6) is 0 Å². The van der Waals surface area contributed by atoms with Gasteiger partial charge in [-0.25, -0.2) is 0 Å². The lowest BCUT2D eigenvalue weighted by molar-refractivity contribution is -0.136. The topological polar surface area (TPSA) is 38.0 Å². The Morgan fingerprint density at radius 2 is 1.85 bits per heavy atom. The molecule has 7 heteroatoms. The second-order valence-electron chi connectivity index (χ2n) is 4.03. The number of alkyl halides is 3. The van der Waals surface area contributed by atoms with Crippen molar-refractivity contribution >= 4 is 44.6 Å². The molecule has 0 aromatic heterocycles. The molecule has 3 N–H and O–H groups in total. The molecule has 0 aliphatic heterocycles. The van der Waals surface area contributed by atoms with Gasteiger partial charge in [0.05, 0.1) is 20.7 Å². The average molecular weight is 366 g/mol. The quantitative estimate of drug-likeness (QED) is 0.695. The smallest absolute Gasteiger partial charge is 0.398 e. The van der Waals surface area contributed by atoms with Gasteiger partial charge in [0, 0.05) is 11.4 Å². The highest BCUT2D eigenvalue weighted by Crippen LogP contribution is 2.37. The van der Waals surface area contributed by atoms with Crippen LogP contribution in [0.2, 0.25) is 5.02 Å². The van der Waals surface area contributed by atoms with Crippen LogP contribution in [0.25, 0.3) is 0 Å². The summed E-state index contributed by atoms with van der Waals surface area (Å²) in [4.78, 5) is 0. The van der Waals surface area contributed by atoms with E-state index in [0.717, 1.165) is 6.07 Å². The number of nitrogens with one attached hydrogen (secondary N) is 1. The average Bonchev–Trinajstić information content (AvgIpc) is 2.36. The zero-order chi connectivity index (χ0) is 14.9. The molecule has 0 aliphatic rings. The van der Waals surface area contributed by atoms with E-state index in [-0.39, 0.29) is 11.4 Å². The molecule has 0 aliphatic carbocycles. The van der Waals surface area contributed by atoms with E-state index in [1.165, 1.54) is 12.1 Å². The Hall–Kier alpha value is -1.40. The standard InChI is InChI=1S/C13H9BrClF3N2/c14-12-9(15)2-1-3-11(12)20-7-4-5-10(19)8(6-7)13(16,17)18/h1-6,20H,19H2. The summed E-state index contributed by atoms with van der Waals surface area (Å²) in [6, 6.07) is 8.70. The van der Waals surface area contributed by atoms with Crippen molar-refractivity contribution in [1.82, 2.24) is 0 Å². The fraction of sp³-hybridized carbons (Fsp3) is 0.0769. The number of hydrogen-bond donors (Lipinski definition) is 2. The second kappa shape index (κ2) is 5.54. The lowest BCUT2D eigenvalue weighted by Crippen LogP contribution is -2.09. The van der Waals surface area contributed by atoms with Crippen molar-refractivity contribution in [2.45, 2.75) is 6.18 Å². The Labute approximate surface area is 126 Å². The van der Waals surface area contributed by atoms with E-state index in [9.17, 15) is 13.2 Å². The van der Waals surface area contributed by atoms with Gasteiger partial charge in [-0.15, -0.1) is 0 Å². The van der Waals surface area contributed by atoms with E-state index < -0.39 is 11.7 Å². The Morgan fingerprint density at radius 1 is 1.15 bits per heavy atom. The number of halogens is 5. The van der Waals surface area contributed by atoms with Gasteiger partial charge in [-0.05, 0) is 46.3 Å². The van der Waals surface area contributed by atoms with Gasteiger partial charge in [0.25, 0.3) is 0 Å². The Morgan fingerprint density at radius 3 is 2.50 bits per heavy atom. The lowest BCUT2D eigenvalue weighted by atomic mass is 10.1. The molecule has 0 spiro atoms. The minimum atomic E-state index is -4.49. The second-order valence-corrected chi connectivity index (χ2v) is 5.23. The molecule has 2 rings (SSSR count). The molecule has 0 saturated carbocycles. The fourth-order valence-electron chi connectivity index (χ4n) is 1.64. The summed E-state index contributed by atoms with van der Waals surface area (Å²) in [6.45, 7) is 0. The molecule has 2 nitrogen and oxygen atoms in total. The third-order valence-corrected chi connectivity index (χ3v) is 3.99. The molecule has 0 bridgehead atoms. The monoisotopic (exact) mass is 364 g/mol. The molecule has 2 aromatic carbocycles. The number of benzene rings is 2. The van der Waals surface area contributed by atoms with Crippen LogP contribution in [-0.4, -0.2) is 0 Å². The van der Waals surface area contributed by atoms with E-state index in [1.54, 1.807) is 18.2 Å². The van der Waals surface area contributed by atoms with Gasteiger partial charge in [-0.1, -0.05) is 17.7 Å².